The van der Waals surface area contributed by atoms with Crippen LogP contribution in [0.4, 0.5) is 8.78 Å². The highest BCUT2D eigenvalue weighted by Crippen LogP contribution is 2.16. The van der Waals surface area contributed by atoms with Crippen LogP contribution < -0.4 is 0 Å². The minimum atomic E-state index is -0.729. The molecule has 1 aromatic carbocycles. The van der Waals surface area contributed by atoms with E-state index in [4.69, 9.17) is 5.11 Å². The van der Waals surface area contributed by atoms with Gasteiger partial charge >= 0.3 is 0 Å². The quantitative estimate of drug-likeness (QED) is 0.755. The first-order valence-corrected chi connectivity index (χ1v) is 3.86. The molecule has 2 rings (SSSR count). The van der Waals surface area contributed by atoms with Crippen LogP contribution >= 0.6 is 0 Å². The molecule has 0 bridgehead atoms. The molecule has 1 N–H and O–H groups in total. The molecule has 0 saturated carbocycles. The molecule has 0 amide bonds. The van der Waals surface area contributed by atoms with E-state index in [-0.39, 0.29) is 11.4 Å². The smallest absolute Gasteiger partial charge is 0.153 e. The van der Waals surface area contributed by atoms with Crippen molar-refractivity contribution in [2.24, 2.45) is 0 Å². The summed E-state index contributed by atoms with van der Waals surface area (Å²) in [6.45, 7) is 0. The van der Waals surface area contributed by atoms with Crippen molar-refractivity contribution < 1.29 is 13.9 Å². The molecule has 3 nitrogen and oxygen atoms in total. The second-order valence-electron chi connectivity index (χ2n) is 2.74. The fourth-order valence-corrected chi connectivity index (χ4v) is 1.11. The van der Waals surface area contributed by atoms with E-state index < -0.39 is 11.6 Å². The maximum atomic E-state index is 13.2. The molecule has 0 aliphatic rings. The lowest BCUT2D eigenvalue weighted by Crippen LogP contribution is -1.98. The van der Waals surface area contributed by atoms with Gasteiger partial charge in [0.25, 0.3) is 0 Å². The average molecular weight is 196 g/mol. The third-order valence-electron chi connectivity index (χ3n) is 1.73. The van der Waals surface area contributed by atoms with Gasteiger partial charge in [-0.2, -0.15) is 5.10 Å². The number of halogens is 2. The van der Waals surface area contributed by atoms with E-state index in [1.807, 2.05) is 0 Å². The Morgan fingerprint density at radius 1 is 1.29 bits per heavy atom. The largest absolute Gasteiger partial charge is 0.505 e. The highest BCUT2D eigenvalue weighted by atomic mass is 19.1. The molecule has 14 heavy (non-hydrogen) atoms. The zero-order valence-electron chi connectivity index (χ0n) is 6.98. The Morgan fingerprint density at radius 3 is 2.64 bits per heavy atom. The molecule has 0 aliphatic heterocycles. The average Bonchev–Trinajstić information content (AvgIpc) is 2.51. The van der Waals surface area contributed by atoms with E-state index in [1.54, 1.807) is 0 Å². The van der Waals surface area contributed by atoms with Crippen LogP contribution in [0.3, 0.4) is 0 Å². The predicted molar refractivity (Wildman–Crippen MR) is 45.1 cm³/mol. The molecular formula is C9H6F2N2O. The van der Waals surface area contributed by atoms with Gasteiger partial charge in [-0.05, 0) is 12.1 Å². The van der Waals surface area contributed by atoms with Crippen LogP contribution in [0.1, 0.15) is 0 Å². The van der Waals surface area contributed by atoms with Gasteiger partial charge in [0.05, 0.1) is 12.4 Å². The van der Waals surface area contributed by atoms with Crippen molar-refractivity contribution >= 4 is 0 Å². The predicted octanol–water partition coefficient (Wildman–Crippen LogP) is 1.86. The van der Waals surface area contributed by atoms with Crippen molar-refractivity contribution in [2.75, 3.05) is 0 Å². The molecule has 72 valence electrons. The number of aromatic nitrogens is 2. The third-order valence-corrected chi connectivity index (χ3v) is 1.73. The lowest BCUT2D eigenvalue weighted by molar-refractivity contribution is 0.475. The zero-order chi connectivity index (χ0) is 10.1. The first kappa shape index (κ1) is 8.68. The van der Waals surface area contributed by atoms with Gasteiger partial charge in [-0.25, -0.2) is 13.5 Å². The molecule has 1 heterocycles. The Bertz CT molecular complexity index is 468. The first-order valence-electron chi connectivity index (χ1n) is 3.86. The van der Waals surface area contributed by atoms with Crippen LogP contribution in [0.5, 0.6) is 5.75 Å². The summed E-state index contributed by atoms with van der Waals surface area (Å²) in [6, 6.07) is 3.13. The summed E-state index contributed by atoms with van der Waals surface area (Å²) >= 11 is 0. The van der Waals surface area contributed by atoms with E-state index in [0.29, 0.717) is 0 Å². The summed E-state index contributed by atoms with van der Waals surface area (Å²) in [6.07, 6.45) is 2.40. The van der Waals surface area contributed by atoms with Gasteiger partial charge in [0, 0.05) is 6.07 Å². The minimum Gasteiger partial charge on any atom is -0.505 e. The Kier molecular flexibility index (Phi) is 1.92. The number of aromatic hydroxyl groups is 1. The van der Waals surface area contributed by atoms with Gasteiger partial charge in [-0.3, -0.25) is 0 Å². The molecule has 1 aromatic heterocycles. The zero-order valence-corrected chi connectivity index (χ0v) is 6.98. The summed E-state index contributed by atoms with van der Waals surface area (Å²) in [5.41, 5.74) is 0.0895. The fourth-order valence-electron chi connectivity index (χ4n) is 1.11. The van der Waals surface area contributed by atoms with Crippen molar-refractivity contribution in [3.63, 3.8) is 0 Å². The normalized spacial score (nSPS) is 10.4. The van der Waals surface area contributed by atoms with E-state index in [1.165, 1.54) is 18.5 Å². The Balaban J connectivity index is 2.52. The maximum absolute atomic E-state index is 13.2. The number of benzene rings is 1. The molecule has 5 heteroatoms. The second kappa shape index (κ2) is 3.10. The summed E-state index contributed by atoms with van der Waals surface area (Å²) < 4.78 is 26.8. The van der Waals surface area contributed by atoms with E-state index in [2.05, 4.69) is 5.10 Å². The molecule has 2 aromatic rings. The Hall–Kier alpha value is -1.91. The molecule has 0 atom stereocenters. The third kappa shape index (κ3) is 1.44. The van der Waals surface area contributed by atoms with Crippen molar-refractivity contribution in [1.82, 2.24) is 9.78 Å². The van der Waals surface area contributed by atoms with E-state index >= 15 is 0 Å². The monoisotopic (exact) mass is 196 g/mol. The van der Waals surface area contributed by atoms with Crippen LogP contribution in [0.25, 0.3) is 5.69 Å². The maximum Gasteiger partial charge on any atom is 0.153 e. The van der Waals surface area contributed by atoms with Crippen LogP contribution in [0.2, 0.25) is 0 Å². The van der Waals surface area contributed by atoms with Crippen LogP contribution in [0, 0.1) is 11.6 Å². The van der Waals surface area contributed by atoms with Gasteiger partial charge in [0.2, 0.25) is 0 Å². The molecular weight excluding hydrogens is 190 g/mol. The summed E-state index contributed by atoms with van der Waals surface area (Å²) in [4.78, 5) is 0. The van der Waals surface area contributed by atoms with E-state index in [0.717, 1.165) is 16.8 Å². The van der Waals surface area contributed by atoms with E-state index in [9.17, 15) is 8.78 Å². The standard InChI is InChI=1S/C9H6F2N2O/c10-6-1-2-9(8(11)3-6)13-5-7(14)4-12-13/h1-5,14H. The summed E-state index contributed by atoms with van der Waals surface area (Å²) in [5.74, 6) is -1.45. The van der Waals surface area contributed by atoms with Crippen LogP contribution in [0.15, 0.2) is 30.6 Å². The van der Waals surface area contributed by atoms with Crippen LogP contribution in [-0.4, -0.2) is 14.9 Å². The number of hydrogen-bond donors (Lipinski definition) is 1. The number of nitrogens with zero attached hydrogens (tertiary/aromatic N) is 2. The highest BCUT2D eigenvalue weighted by molar-refractivity contribution is 5.34. The van der Waals surface area contributed by atoms with Crippen LogP contribution in [-0.2, 0) is 0 Å². The number of rotatable bonds is 1. The van der Waals surface area contributed by atoms with Gasteiger partial charge < -0.3 is 5.11 Å². The second-order valence-corrected chi connectivity index (χ2v) is 2.74. The lowest BCUT2D eigenvalue weighted by atomic mass is 10.3. The van der Waals surface area contributed by atoms with Crippen molar-refractivity contribution in [3.8, 4) is 11.4 Å². The molecule has 0 fully saturated rings. The van der Waals surface area contributed by atoms with Crippen molar-refractivity contribution in [1.29, 1.82) is 0 Å². The van der Waals surface area contributed by atoms with Gasteiger partial charge in [0.15, 0.2) is 11.6 Å². The van der Waals surface area contributed by atoms with Gasteiger partial charge in [-0.15, -0.1) is 0 Å². The van der Waals surface area contributed by atoms with Gasteiger partial charge in [0.1, 0.15) is 11.5 Å². The Morgan fingerprint density at radius 2 is 2.07 bits per heavy atom. The molecule has 0 unspecified atom stereocenters. The molecule has 0 saturated heterocycles. The topological polar surface area (TPSA) is 38.1 Å². The van der Waals surface area contributed by atoms with Crippen molar-refractivity contribution in [2.45, 2.75) is 0 Å². The molecule has 0 aliphatic carbocycles. The molecule has 0 radical (unpaired) electrons. The van der Waals surface area contributed by atoms with Gasteiger partial charge in [-0.1, -0.05) is 0 Å². The minimum absolute atomic E-state index is 0.0753. The first-order chi connectivity index (χ1) is 6.66. The fraction of sp³-hybridized carbons (Fsp3) is 0. The SMILES string of the molecule is Oc1cnn(-c2ccc(F)cc2F)c1. The van der Waals surface area contributed by atoms with Crippen molar-refractivity contribution in [3.05, 3.63) is 42.2 Å². The lowest BCUT2D eigenvalue weighted by Gasteiger charge is -2.01. The summed E-state index contributed by atoms with van der Waals surface area (Å²) in [7, 11) is 0. The highest BCUT2D eigenvalue weighted by Gasteiger charge is 2.06. The molecule has 0 spiro atoms. The summed E-state index contributed by atoms with van der Waals surface area (Å²) in [5, 5.41) is 12.7. The number of hydrogen-bond acceptors (Lipinski definition) is 2. The Labute approximate surface area is 78.2 Å².